The number of H-pyrrole nitrogens is 1. The van der Waals surface area contributed by atoms with Crippen LogP contribution in [0.4, 0.5) is 5.69 Å². The number of nitrogens with zero attached hydrogens (tertiary/aromatic N) is 1. The molecule has 1 aromatic carbocycles. The largest absolute Gasteiger partial charge is 0.383 e. The molecule has 28 heavy (non-hydrogen) atoms. The second kappa shape index (κ2) is 10.9. The Morgan fingerprint density at radius 3 is 2.61 bits per heavy atom. The molecule has 0 fully saturated rings. The van der Waals surface area contributed by atoms with Gasteiger partial charge in [0.25, 0.3) is 0 Å². The van der Waals surface area contributed by atoms with E-state index < -0.39 is 0 Å². The number of rotatable bonds is 3. The number of thiophene rings is 1. The van der Waals surface area contributed by atoms with Crippen LogP contribution >= 0.6 is 11.3 Å². The Bertz CT molecular complexity index is 917. The molecule has 2 aromatic heterocycles. The van der Waals surface area contributed by atoms with Gasteiger partial charge in [0.05, 0.1) is 10.6 Å². The van der Waals surface area contributed by atoms with Crippen molar-refractivity contribution in [2.24, 2.45) is 16.6 Å². The quantitative estimate of drug-likeness (QED) is 0.349. The van der Waals surface area contributed by atoms with Crippen LogP contribution < -0.4 is 5.73 Å². The molecule has 3 N–H and O–H groups in total. The highest BCUT2D eigenvalue weighted by molar-refractivity contribution is 7.12. The van der Waals surface area contributed by atoms with Crippen LogP contribution in [0.1, 0.15) is 64.3 Å². The number of amidine groups is 1. The second-order valence-corrected chi connectivity index (χ2v) is 7.46. The van der Waals surface area contributed by atoms with E-state index in [1.807, 2.05) is 51.3 Å². The zero-order valence-electron chi connectivity index (χ0n) is 17.8. The van der Waals surface area contributed by atoms with Gasteiger partial charge in [-0.3, -0.25) is 0 Å². The van der Waals surface area contributed by atoms with Gasteiger partial charge in [0, 0.05) is 22.7 Å². The number of nitrogens with one attached hydrogen (secondary N) is 1. The van der Waals surface area contributed by atoms with Crippen molar-refractivity contribution >= 4 is 39.3 Å². The molecule has 1 aliphatic rings. The third-order valence-electron chi connectivity index (χ3n) is 4.71. The zero-order chi connectivity index (χ0) is 20.5. The Morgan fingerprint density at radius 2 is 1.96 bits per heavy atom. The summed E-state index contributed by atoms with van der Waals surface area (Å²) in [7, 11) is 0. The molecule has 1 unspecified atom stereocenters. The standard InChI is InChI=1S/C20H21N3S.2C2H6/c1-13-4-6-14(7-5-13)17-12-22-18-9-8-15(11-16(17)18)23-20(21)19-3-2-10-24-19;2*1-2/h2-3,6,8-13,22H,4-5,7H2,1H3,(H2,21,23);2*1-2H3. The lowest BCUT2D eigenvalue weighted by Gasteiger charge is -2.17. The van der Waals surface area contributed by atoms with E-state index in [1.54, 1.807) is 11.3 Å². The van der Waals surface area contributed by atoms with Crippen molar-refractivity contribution in [3.63, 3.8) is 0 Å². The molecule has 0 amide bonds. The number of fused-ring (bicyclic) bond motifs is 1. The van der Waals surface area contributed by atoms with Gasteiger partial charge in [0.15, 0.2) is 0 Å². The minimum Gasteiger partial charge on any atom is -0.383 e. The Kier molecular flexibility index (Phi) is 8.52. The molecule has 0 radical (unpaired) electrons. The number of aromatic amines is 1. The van der Waals surface area contributed by atoms with Crippen molar-refractivity contribution in [1.82, 2.24) is 4.98 Å². The molecular weight excluding hydrogens is 362 g/mol. The lowest BCUT2D eigenvalue weighted by molar-refractivity contribution is 0.534. The molecule has 4 rings (SSSR count). The summed E-state index contributed by atoms with van der Waals surface area (Å²) in [6.45, 7) is 10.3. The summed E-state index contributed by atoms with van der Waals surface area (Å²) in [4.78, 5) is 9.00. The van der Waals surface area contributed by atoms with Gasteiger partial charge in [-0.05, 0) is 60.4 Å². The van der Waals surface area contributed by atoms with Gasteiger partial charge in [-0.25, -0.2) is 4.99 Å². The summed E-state index contributed by atoms with van der Waals surface area (Å²) < 4.78 is 0. The van der Waals surface area contributed by atoms with Crippen LogP contribution in [0.3, 0.4) is 0 Å². The molecule has 4 heteroatoms. The first-order chi connectivity index (χ1) is 13.7. The molecular formula is C24H33N3S. The van der Waals surface area contributed by atoms with E-state index in [0.717, 1.165) is 28.4 Å². The number of hydrogen-bond donors (Lipinski definition) is 2. The van der Waals surface area contributed by atoms with Gasteiger partial charge in [-0.1, -0.05) is 46.8 Å². The van der Waals surface area contributed by atoms with Gasteiger partial charge in [-0.15, -0.1) is 11.3 Å². The van der Waals surface area contributed by atoms with Crippen molar-refractivity contribution in [3.8, 4) is 0 Å². The Hall–Kier alpha value is -2.33. The number of benzene rings is 1. The molecule has 0 spiro atoms. The average Bonchev–Trinajstić information content (AvgIpc) is 3.42. The minimum atomic E-state index is 0.576. The summed E-state index contributed by atoms with van der Waals surface area (Å²) in [5, 5.41) is 3.25. The zero-order valence-corrected chi connectivity index (χ0v) is 18.6. The smallest absolute Gasteiger partial charge is 0.141 e. The van der Waals surface area contributed by atoms with Gasteiger partial charge in [0.2, 0.25) is 0 Å². The second-order valence-electron chi connectivity index (χ2n) is 6.52. The van der Waals surface area contributed by atoms with Crippen LogP contribution in [-0.4, -0.2) is 10.8 Å². The molecule has 3 aromatic rings. The lowest BCUT2D eigenvalue weighted by Crippen LogP contribution is -2.10. The maximum absolute atomic E-state index is 6.13. The molecule has 1 aliphatic carbocycles. The molecule has 0 aliphatic heterocycles. The van der Waals surface area contributed by atoms with Gasteiger partial charge < -0.3 is 10.7 Å². The number of nitrogens with two attached hydrogens (primary N) is 1. The minimum absolute atomic E-state index is 0.576. The monoisotopic (exact) mass is 395 g/mol. The summed E-state index contributed by atoms with van der Waals surface area (Å²) in [6, 6.07) is 10.2. The average molecular weight is 396 g/mol. The summed E-state index contributed by atoms with van der Waals surface area (Å²) in [5.74, 6) is 1.37. The van der Waals surface area contributed by atoms with Gasteiger partial charge in [-0.2, -0.15) is 0 Å². The van der Waals surface area contributed by atoms with Crippen LogP contribution in [0.15, 0.2) is 53.0 Å². The molecule has 2 heterocycles. The lowest BCUT2D eigenvalue weighted by atomic mass is 9.87. The van der Waals surface area contributed by atoms with Crippen LogP contribution in [0.25, 0.3) is 16.5 Å². The molecule has 150 valence electrons. The molecule has 0 bridgehead atoms. The fraction of sp³-hybridized carbons (Fsp3) is 0.375. The number of hydrogen-bond acceptors (Lipinski definition) is 2. The van der Waals surface area contributed by atoms with Crippen LogP contribution in [-0.2, 0) is 0 Å². The van der Waals surface area contributed by atoms with E-state index in [2.05, 4.69) is 41.3 Å². The normalized spacial score (nSPS) is 16.5. The van der Waals surface area contributed by atoms with E-state index >= 15 is 0 Å². The SMILES string of the molecule is CC.CC.CC1CC=C(c2c[nH]c3ccc(N=C(N)c4cccs4)cc23)CC1. The fourth-order valence-electron chi connectivity index (χ4n) is 3.27. The van der Waals surface area contributed by atoms with Crippen LogP contribution in [0.2, 0.25) is 0 Å². The van der Waals surface area contributed by atoms with Crippen molar-refractivity contribution in [1.29, 1.82) is 0 Å². The maximum atomic E-state index is 6.13. The Morgan fingerprint density at radius 1 is 1.18 bits per heavy atom. The summed E-state index contributed by atoms with van der Waals surface area (Å²) in [6.07, 6.45) is 8.11. The van der Waals surface area contributed by atoms with Crippen molar-refractivity contribution in [2.45, 2.75) is 53.9 Å². The topological polar surface area (TPSA) is 54.2 Å². The number of aromatic nitrogens is 1. The van der Waals surface area contributed by atoms with E-state index in [4.69, 9.17) is 5.73 Å². The molecule has 3 nitrogen and oxygen atoms in total. The van der Waals surface area contributed by atoms with Gasteiger partial charge >= 0.3 is 0 Å². The highest BCUT2D eigenvalue weighted by Gasteiger charge is 2.15. The molecule has 0 saturated heterocycles. The first-order valence-corrected chi connectivity index (χ1v) is 11.3. The highest BCUT2D eigenvalue weighted by Crippen LogP contribution is 2.35. The van der Waals surface area contributed by atoms with Crippen molar-refractivity contribution < 1.29 is 0 Å². The summed E-state index contributed by atoms with van der Waals surface area (Å²) >= 11 is 1.61. The van der Waals surface area contributed by atoms with Crippen molar-refractivity contribution in [3.05, 3.63) is 58.4 Å². The molecule has 1 atom stereocenters. The summed E-state index contributed by atoms with van der Waals surface area (Å²) in [5.41, 5.74) is 10.9. The first kappa shape index (κ1) is 22.0. The van der Waals surface area contributed by atoms with E-state index in [9.17, 15) is 0 Å². The fourth-order valence-corrected chi connectivity index (χ4v) is 3.90. The third-order valence-corrected chi connectivity index (χ3v) is 5.60. The first-order valence-electron chi connectivity index (χ1n) is 10.4. The number of aliphatic imine (C=N–C) groups is 1. The van der Waals surface area contributed by atoms with E-state index in [-0.39, 0.29) is 0 Å². The highest BCUT2D eigenvalue weighted by atomic mass is 32.1. The Balaban J connectivity index is 0.000000660. The third kappa shape index (κ3) is 5.14. The predicted molar refractivity (Wildman–Crippen MR) is 127 cm³/mol. The van der Waals surface area contributed by atoms with E-state index in [1.165, 1.54) is 29.4 Å². The van der Waals surface area contributed by atoms with Crippen LogP contribution in [0.5, 0.6) is 0 Å². The van der Waals surface area contributed by atoms with Crippen molar-refractivity contribution in [2.75, 3.05) is 0 Å². The number of allylic oxidation sites excluding steroid dienone is 2. The predicted octanol–water partition coefficient (Wildman–Crippen LogP) is 7.52. The van der Waals surface area contributed by atoms with Gasteiger partial charge in [0.1, 0.15) is 5.84 Å². The maximum Gasteiger partial charge on any atom is 0.141 e. The Labute approximate surface area is 173 Å². The van der Waals surface area contributed by atoms with E-state index in [0.29, 0.717) is 5.84 Å². The molecule has 0 saturated carbocycles. The van der Waals surface area contributed by atoms with Crippen LogP contribution in [0, 0.1) is 5.92 Å².